The van der Waals surface area contributed by atoms with Crippen LogP contribution < -0.4 is 10.6 Å². The number of hydrogen-bond donors (Lipinski definition) is 1. The highest BCUT2D eigenvalue weighted by Gasteiger charge is 2.38. The Morgan fingerprint density at radius 3 is 2.88 bits per heavy atom. The molecule has 1 amide bonds. The average molecular weight is 475 g/mol. The van der Waals surface area contributed by atoms with Gasteiger partial charge in [0.15, 0.2) is 11.8 Å². The van der Waals surface area contributed by atoms with E-state index in [1.54, 1.807) is 24.7 Å². The molecule has 8 nitrogen and oxygen atoms in total. The second kappa shape index (κ2) is 8.10. The molecular weight excluding hydrogens is 451 g/mol. The van der Waals surface area contributed by atoms with Crippen LogP contribution in [0.15, 0.2) is 30.7 Å². The molecule has 2 aliphatic heterocycles. The number of halogens is 2. The predicted octanol–water partition coefficient (Wildman–Crippen LogP) is 3.36. The highest BCUT2D eigenvalue weighted by atomic mass is 35.5. The summed E-state index contributed by atoms with van der Waals surface area (Å²) in [7, 11) is 0. The third-order valence-corrected chi connectivity index (χ3v) is 6.88. The van der Waals surface area contributed by atoms with Crippen LogP contribution in [0.25, 0.3) is 5.65 Å². The summed E-state index contributed by atoms with van der Waals surface area (Å²) in [5.74, 6) is 1.21. The van der Waals surface area contributed by atoms with E-state index < -0.39 is 6.10 Å². The Labute approximate surface area is 195 Å². The first kappa shape index (κ1) is 21.3. The van der Waals surface area contributed by atoms with Gasteiger partial charge < -0.3 is 20.3 Å². The molecule has 32 heavy (non-hydrogen) atoms. The molecule has 0 aliphatic carbocycles. The van der Waals surface area contributed by atoms with Gasteiger partial charge in [0.05, 0.1) is 43.8 Å². The van der Waals surface area contributed by atoms with E-state index in [1.165, 1.54) is 0 Å². The maximum absolute atomic E-state index is 13.6. The number of anilines is 2. The van der Waals surface area contributed by atoms with Gasteiger partial charge in [0.1, 0.15) is 11.6 Å². The summed E-state index contributed by atoms with van der Waals surface area (Å²) in [5, 5.41) is 1.21. The van der Waals surface area contributed by atoms with Crippen LogP contribution in [-0.2, 0) is 16.0 Å². The van der Waals surface area contributed by atoms with Crippen molar-refractivity contribution in [3.05, 3.63) is 51.9 Å². The number of fused-ring (bicyclic) bond motifs is 2. The average Bonchev–Trinajstić information content (AvgIpc) is 3.13. The van der Waals surface area contributed by atoms with E-state index in [1.807, 2.05) is 22.3 Å². The number of ether oxygens (including phenoxy) is 1. The molecule has 5 rings (SSSR count). The molecule has 10 heteroatoms. The van der Waals surface area contributed by atoms with Crippen molar-refractivity contribution in [3.8, 4) is 0 Å². The molecule has 3 atom stereocenters. The lowest BCUT2D eigenvalue weighted by Gasteiger charge is -2.42. The van der Waals surface area contributed by atoms with Crippen LogP contribution in [0.5, 0.6) is 0 Å². The molecular formula is C22H24Cl2N6O2. The van der Waals surface area contributed by atoms with Crippen molar-refractivity contribution < 1.29 is 9.53 Å². The minimum atomic E-state index is -0.600. The second-order valence-electron chi connectivity index (χ2n) is 8.40. The molecule has 0 spiro atoms. The monoisotopic (exact) mass is 474 g/mol. The zero-order valence-electron chi connectivity index (χ0n) is 17.8. The van der Waals surface area contributed by atoms with Gasteiger partial charge in [-0.25, -0.2) is 4.98 Å². The molecule has 0 unspecified atom stereocenters. The van der Waals surface area contributed by atoms with Crippen molar-refractivity contribution in [1.82, 2.24) is 19.3 Å². The fourth-order valence-corrected chi connectivity index (χ4v) is 5.44. The molecule has 2 aliphatic rings. The normalized spacial score (nSPS) is 23.4. The van der Waals surface area contributed by atoms with Gasteiger partial charge in [-0.2, -0.15) is 0 Å². The first-order valence-electron chi connectivity index (χ1n) is 10.6. The molecule has 3 aromatic rings. The van der Waals surface area contributed by atoms with E-state index >= 15 is 0 Å². The fraction of sp³-hybridized carbons (Fsp3) is 0.409. The van der Waals surface area contributed by atoms with Crippen LogP contribution in [0.4, 0.5) is 11.6 Å². The second-order valence-corrected chi connectivity index (χ2v) is 9.24. The van der Waals surface area contributed by atoms with E-state index in [2.05, 4.69) is 21.8 Å². The van der Waals surface area contributed by atoms with Crippen LogP contribution in [0, 0.1) is 0 Å². The molecule has 1 fully saturated rings. The summed E-state index contributed by atoms with van der Waals surface area (Å²) >= 11 is 12.7. The lowest BCUT2D eigenvalue weighted by Crippen LogP contribution is -2.56. The molecule has 2 N–H and O–H groups in total. The zero-order chi connectivity index (χ0) is 22.6. The molecule has 0 radical (unpaired) electrons. The lowest BCUT2D eigenvalue weighted by molar-refractivity contribution is -0.148. The quantitative estimate of drug-likeness (QED) is 0.612. The van der Waals surface area contributed by atoms with E-state index in [-0.39, 0.29) is 18.0 Å². The lowest BCUT2D eigenvalue weighted by atomic mass is 9.93. The number of amides is 1. The Bertz CT molecular complexity index is 1200. The summed E-state index contributed by atoms with van der Waals surface area (Å²) in [5.41, 5.74) is 8.60. The molecule has 1 saturated heterocycles. The van der Waals surface area contributed by atoms with E-state index in [0.717, 1.165) is 16.9 Å². The van der Waals surface area contributed by atoms with Gasteiger partial charge in [-0.1, -0.05) is 23.2 Å². The SMILES string of the molecule is C[C@H]1c2c(Cl)cc(Cl)cc2CCN1C(=O)[C@H]1CN(c2cncc3nc(N)cn23)[C@@H](C)CO1. The third kappa shape index (κ3) is 3.56. The van der Waals surface area contributed by atoms with Crippen LogP contribution >= 0.6 is 23.2 Å². The fourth-order valence-electron chi connectivity index (χ4n) is 4.75. The number of rotatable bonds is 2. The summed E-state index contributed by atoms with van der Waals surface area (Å²) in [6.45, 7) is 5.48. The van der Waals surface area contributed by atoms with E-state index in [4.69, 9.17) is 33.7 Å². The largest absolute Gasteiger partial charge is 0.382 e. The minimum Gasteiger partial charge on any atom is -0.382 e. The van der Waals surface area contributed by atoms with E-state index in [9.17, 15) is 4.79 Å². The van der Waals surface area contributed by atoms with Crippen molar-refractivity contribution >= 4 is 46.4 Å². The molecule has 4 heterocycles. The standard InChI is InChI=1S/C22H24Cl2N6O2/c1-12-11-32-17(9-29(12)20-8-26-7-19-27-18(25)10-30(19)20)22(31)28-4-3-14-5-15(23)6-16(24)21(14)13(28)2/h5-8,10,12-13,17H,3-4,9,11,25H2,1-2H3/t12-,13-,17+/m0/s1. The maximum Gasteiger partial charge on any atom is 0.254 e. The summed E-state index contributed by atoms with van der Waals surface area (Å²) < 4.78 is 7.90. The van der Waals surface area contributed by atoms with Gasteiger partial charge in [0.2, 0.25) is 0 Å². The first-order valence-corrected chi connectivity index (χ1v) is 11.3. The van der Waals surface area contributed by atoms with Gasteiger partial charge in [-0.15, -0.1) is 0 Å². The molecule has 0 bridgehead atoms. The maximum atomic E-state index is 13.6. The summed E-state index contributed by atoms with van der Waals surface area (Å²) in [6, 6.07) is 3.57. The van der Waals surface area contributed by atoms with Gasteiger partial charge in [0.25, 0.3) is 5.91 Å². The van der Waals surface area contributed by atoms with Crippen molar-refractivity contribution in [2.24, 2.45) is 0 Å². The van der Waals surface area contributed by atoms with Crippen molar-refractivity contribution in [3.63, 3.8) is 0 Å². The van der Waals surface area contributed by atoms with Gasteiger partial charge in [-0.05, 0) is 43.5 Å². The Morgan fingerprint density at radius 1 is 1.25 bits per heavy atom. The number of hydrogen-bond acceptors (Lipinski definition) is 6. The minimum absolute atomic E-state index is 0.0451. The zero-order valence-corrected chi connectivity index (χ0v) is 19.3. The number of nitrogens with two attached hydrogens (primary N) is 1. The summed E-state index contributed by atoms with van der Waals surface area (Å²) in [6.07, 6.45) is 5.30. The number of carbonyl (C=O) groups is 1. The smallest absolute Gasteiger partial charge is 0.254 e. The van der Waals surface area contributed by atoms with Crippen molar-refractivity contribution in [1.29, 1.82) is 0 Å². The van der Waals surface area contributed by atoms with Crippen molar-refractivity contribution in [2.75, 3.05) is 30.3 Å². The number of benzene rings is 1. The Morgan fingerprint density at radius 2 is 2.06 bits per heavy atom. The van der Waals surface area contributed by atoms with E-state index in [0.29, 0.717) is 47.6 Å². The number of nitrogen functional groups attached to an aromatic ring is 1. The van der Waals surface area contributed by atoms with Crippen LogP contribution in [0.3, 0.4) is 0 Å². The number of nitrogens with zero attached hydrogens (tertiary/aromatic N) is 5. The predicted molar refractivity (Wildman–Crippen MR) is 124 cm³/mol. The number of carbonyl (C=O) groups excluding carboxylic acids is 1. The number of morpholine rings is 1. The Balaban J connectivity index is 1.41. The Kier molecular flexibility index (Phi) is 5.39. The van der Waals surface area contributed by atoms with Crippen LogP contribution in [-0.4, -0.2) is 57.0 Å². The topological polar surface area (TPSA) is 89.0 Å². The molecule has 2 aromatic heterocycles. The first-order chi connectivity index (χ1) is 15.3. The third-order valence-electron chi connectivity index (χ3n) is 6.35. The summed E-state index contributed by atoms with van der Waals surface area (Å²) in [4.78, 5) is 26.1. The van der Waals surface area contributed by atoms with Crippen LogP contribution in [0.2, 0.25) is 10.0 Å². The molecule has 168 valence electrons. The number of aromatic nitrogens is 3. The van der Waals surface area contributed by atoms with Crippen molar-refractivity contribution in [2.45, 2.75) is 38.5 Å². The van der Waals surface area contributed by atoms with Gasteiger partial charge >= 0.3 is 0 Å². The Hall–Kier alpha value is -2.55. The van der Waals surface area contributed by atoms with Gasteiger partial charge in [-0.3, -0.25) is 14.2 Å². The molecule has 0 saturated carbocycles. The van der Waals surface area contributed by atoms with Gasteiger partial charge in [0, 0.05) is 16.6 Å². The number of imidazole rings is 1. The molecule has 1 aromatic carbocycles. The highest BCUT2D eigenvalue weighted by molar-refractivity contribution is 6.35. The van der Waals surface area contributed by atoms with Crippen LogP contribution in [0.1, 0.15) is 31.0 Å². The highest BCUT2D eigenvalue weighted by Crippen LogP contribution is 2.37.